The molecule has 0 bridgehead atoms. The Labute approximate surface area is 305 Å². The molecule has 1 aliphatic carbocycles. The Bertz CT molecular complexity index is 2040. The van der Waals surface area contributed by atoms with Gasteiger partial charge < -0.3 is 35.3 Å². The first-order valence-electron chi connectivity index (χ1n) is 18.0. The number of fused-ring (bicyclic) bond motifs is 5. The first-order chi connectivity index (χ1) is 25.4. The minimum atomic E-state index is -1.93. The van der Waals surface area contributed by atoms with E-state index >= 15 is 0 Å². The third-order valence-corrected chi connectivity index (χ3v) is 10.4. The SMILES string of the molecule is CC[C@@]1(OC(=O)CNC(=O)CCC(NC)C(=O)NC(CCC(=O)NC2CCC2)C(C)=O)C(=O)OCc2c1cc1n(c2=O)Cc2cc3ccccc3nc2-1. The normalized spacial score (nSPS) is 18.4. The molecule has 1 fully saturated rings. The number of para-hydroxylation sites is 1. The number of amides is 3. The van der Waals surface area contributed by atoms with E-state index in [1.807, 2.05) is 30.3 Å². The van der Waals surface area contributed by atoms with E-state index in [1.165, 1.54) is 14.0 Å². The molecule has 1 aromatic carbocycles. The Morgan fingerprint density at radius 3 is 2.47 bits per heavy atom. The van der Waals surface area contributed by atoms with Crippen molar-refractivity contribution in [1.82, 2.24) is 30.8 Å². The number of pyridine rings is 2. The van der Waals surface area contributed by atoms with Gasteiger partial charge in [-0.2, -0.15) is 0 Å². The molecule has 0 spiro atoms. The van der Waals surface area contributed by atoms with Crippen molar-refractivity contribution < 1.29 is 38.2 Å². The Hall–Kier alpha value is -5.44. The molecule has 0 saturated heterocycles. The molecule has 2 aliphatic heterocycles. The average Bonchev–Trinajstić information content (AvgIpc) is 3.48. The number of aromatic nitrogens is 2. The van der Waals surface area contributed by atoms with Crippen molar-refractivity contribution in [2.45, 2.75) is 102 Å². The van der Waals surface area contributed by atoms with Gasteiger partial charge in [-0.3, -0.25) is 28.8 Å². The summed E-state index contributed by atoms with van der Waals surface area (Å²) in [4.78, 5) is 95.3. The van der Waals surface area contributed by atoms with Crippen LogP contribution in [0.3, 0.4) is 0 Å². The highest BCUT2D eigenvalue weighted by Gasteiger charge is 2.50. The van der Waals surface area contributed by atoms with Crippen LogP contribution in [0.5, 0.6) is 0 Å². The minimum Gasteiger partial charge on any atom is -0.457 e. The van der Waals surface area contributed by atoms with Gasteiger partial charge in [-0.05, 0) is 70.7 Å². The molecule has 280 valence electrons. The van der Waals surface area contributed by atoms with E-state index in [0.717, 1.165) is 35.7 Å². The van der Waals surface area contributed by atoms with Gasteiger partial charge in [0.05, 0.1) is 41.1 Å². The monoisotopic (exact) mass is 728 g/mol. The lowest BCUT2D eigenvalue weighted by atomic mass is 9.85. The number of carbonyl (C=O) groups is 6. The van der Waals surface area contributed by atoms with E-state index in [-0.39, 0.29) is 73.1 Å². The molecular weight excluding hydrogens is 684 g/mol. The number of benzene rings is 1. The molecule has 4 N–H and O–H groups in total. The van der Waals surface area contributed by atoms with Gasteiger partial charge >= 0.3 is 11.9 Å². The zero-order valence-corrected chi connectivity index (χ0v) is 30.0. The minimum absolute atomic E-state index is 0.0362. The Kier molecular flexibility index (Phi) is 11.0. The van der Waals surface area contributed by atoms with E-state index in [2.05, 4.69) is 21.3 Å². The number of rotatable bonds is 15. The predicted octanol–water partition coefficient (Wildman–Crippen LogP) is 1.64. The number of cyclic esters (lactones) is 1. The molecule has 3 atom stereocenters. The van der Waals surface area contributed by atoms with Gasteiger partial charge in [0.2, 0.25) is 23.3 Å². The molecular formula is C38H44N6O9. The number of ketones is 1. The molecule has 3 aliphatic rings. The fraction of sp³-hybridized carbons (Fsp3) is 0.474. The summed E-state index contributed by atoms with van der Waals surface area (Å²) >= 11 is 0. The van der Waals surface area contributed by atoms with Crippen LogP contribution in [0.25, 0.3) is 22.3 Å². The summed E-state index contributed by atoms with van der Waals surface area (Å²) in [5, 5.41) is 11.8. The summed E-state index contributed by atoms with van der Waals surface area (Å²) in [7, 11) is 1.54. The van der Waals surface area contributed by atoms with Crippen molar-refractivity contribution in [1.29, 1.82) is 0 Å². The summed E-state index contributed by atoms with van der Waals surface area (Å²) < 4.78 is 12.7. The average molecular weight is 729 g/mol. The largest absolute Gasteiger partial charge is 0.457 e. The summed E-state index contributed by atoms with van der Waals surface area (Å²) in [6.07, 6.45) is 3.04. The summed E-state index contributed by atoms with van der Waals surface area (Å²) in [5.74, 6) is -3.28. The van der Waals surface area contributed by atoms with Gasteiger partial charge in [0, 0.05) is 35.4 Å². The topological polar surface area (TPSA) is 204 Å². The lowest BCUT2D eigenvalue weighted by molar-refractivity contribution is -0.189. The number of nitrogens with one attached hydrogen (secondary N) is 4. The first kappa shape index (κ1) is 37.3. The van der Waals surface area contributed by atoms with Crippen LogP contribution in [-0.2, 0) is 57.0 Å². The quantitative estimate of drug-likeness (QED) is 0.130. The number of carbonyl (C=O) groups excluding carboxylic acids is 6. The second-order valence-electron chi connectivity index (χ2n) is 13.8. The molecule has 0 radical (unpaired) electrons. The van der Waals surface area contributed by atoms with Crippen molar-refractivity contribution in [3.63, 3.8) is 0 Å². The van der Waals surface area contributed by atoms with E-state index in [4.69, 9.17) is 14.5 Å². The standard InChI is InChI=1S/C38H44N6O9/c1-4-38(26-17-30-34-23(16-22-8-5-6-11-28(22)42-34)19-44(30)36(50)25(26)20-52-37(38)51)53-33(48)18-40-31(46)14-13-29(39-3)35(49)43-27(21(2)45)12-15-32(47)41-24-9-7-10-24/h5-6,8,11,16-17,24,27,29,39H,4,7,9-10,12-15,18-20H2,1-3H3,(H,40,46)(H,41,47)(H,43,49)/t27?,29?,38-/m0/s1. The van der Waals surface area contributed by atoms with Crippen LogP contribution in [0.4, 0.5) is 0 Å². The van der Waals surface area contributed by atoms with Crippen molar-refractivity contribution in [3.05, 3.63) is 63.4 Å². The molecule has 3 aromatic rings. The zero-order chi connectivity index (χ0) is 37.9. The number of likely N-dealkylation sites (N-methyl/N-ethyl adjacent to an activating group) is 1. The Balaban J connectivity index is 1.07. The van der Waals surface area contributed by atoms with E-state index < -0.39 is 48.0 Å². The van der Waals surface area contributed by atoms with Crippen LogP contribution in [-0.4, -0.2) is 76.7 Å². The highest BCUT2D eigenvalue weighted by Crippen LogP contribution is 2.41. The van der Waals surface area contributed by atoms with Gasteiger partial charge in [0.1, 0.15) is 13.2 Å². The molecule has 2 unspecified atom stereocenters. The van der Waals surface area contributed by atoms with Crippen molar-refractivity contribution in [2.24, 2.45) is 0 Å². The number of hydrogen-bond acceptors (Lipinski definition) is 11. The number of hydrogen-bond donors (Lipinski definition) is 4. The fourth-order valence-electron chi connectivity index (χ4n) is 7.03. The maximum Gasteiger partial charge on any atom is 0.355 e. The van der Waals surface area contributed by atoms with Crippen LogP contribution in [0.2, 0.25) is 0 Å². The van der Waals surface area contributed by atoms with E-state index in [1.54, 1.807) is 17.6 Å². The number of nitrogens with zero attached hydrogens (tertiary/aromatic N) is 2. The van der Waals surface area contributed by atoms with Gasteiger partial charge in [-0.25, -0.2) is 9.78 Å². The lowest BCUT2D eigenvalue weighted by Gasteiger charge is -2.35. The Morgan fingerprint density at radius 1 is 1.04 bits per heavy atom. The second kappa shape index (κ2) is 15.7. The fourth-order valence-corrected chi connectivity index (χ4v) is 7.03. The molecule has 53 heavy (non-hydrogen) atoms. The van der Waals surface area contributed by atoms with E-state index in [0.29, 0.717) is 17.9 Å². The zero-order valence-electron chi connectivity index (χ0n) is 30.0. The van der Waals surface area contributed by atoms with Crippen molar-refractivity contribution in [3.8, 4) is 11.4 Å². The number of ether oxygens (including phenoxy) is 2. The smallest absolute Gasteiger partial charge is 0.355 e. The molecule has 6 rings (SSSR count). The Morgan fingerprint density at radius 2 is 1.77 bits per heavy atom. The van der Waals surface area contributed by atoms with Crippen LogP contribution in [0.1, 0.15) is 81.9 Å². The molecule has 15 nitrogen and oxygen atoms in total. The van der Waals surface area contributed by atoms with Gasteiger partial charge in [-0.1, -0.05) is 25.1 Å². The molecule has 3 amide bonds. The molecule has 1 saturated carbocycles. The summed E-state index contributed by atoms with van der Waals surface area (Å²) in [6.45, 7) is 2.40. The van der Waals surface area contributed by atoms with Crippen molar-refractivity contribution >= 4 is 46.3 Å². The maximum atomic E-state index is 13.8. The lowest BCUT2D eigenvalue weighted by Crippen LogP contribution is -2.50. The van der Waals surface area contributed by atoms with Gasteiger partial charge in [0.15, 0.2) is 5.78 Å². The number of esters is 2. The maximum absolute atomic E-state index is 13.8. The van der Waals surface area contributed by atoms with Crippen LogP contribution in [0, 0.1) is 0 Å². The highest BCUT2D eigenvalue weighted by molar-refractivity contribution is 5.91. The van der Waals surface area contributed by atoms with Crippen LogP contribution in [0.15, 0.2) is 41.2 Å². The van der Waals surface area contributed by atoms with Crippen LogP contribution < -0.4 is 26.8 Å². The molecule has 15 heteroatoms. The molecule has 4 heterocycles. The predicted molar refractivity (Wildman–Crippen MR) is 191 cm³/mol. The van der Waals surface area contributed by atoms with Crippen molar-refractivity contribution in [2.75, 3.05) is 13.6 Å². The molecule has 2 aromatic heterocycles. The van der Waals surface area contributed by atoms with Gasteiger partial charge in [0.25, 0.3) is 5.56 Å². The van der Waals surface area contributed by atoms with E-state index in [9.17, 15) is 33.6 Å². The second-order valence-corrected chi connectivity index (χ2v) is 13.8. The van der Waals surface area contributed by atoms with Crippen LogP contribution >= 0.6 is 0 Å². The highest BCUT2D eigenvalue weighted by atomic mass is 16.6. The summed E-state index contributed by atoms with van der Waals surface area (Å²) in [6, 6.07) is 9.72. The first-order valence-corrected chi connectivity index (χ1v) is 18.0. The van der Waals surface area contributed by atoms with Gasteiger partial charge in [-0.15, -0.1) is 0 Å². The summed E-state index contributed by atoms with van der Waals surface area (Å²) in [5.41, 5.74) is 0.811. The number of Topliss-reactive ketones (excluding diaryl/α,β-unsaturated/α-hetero) is 1. The third kappa shape index (κ3) is 7.70. The third-order valence-electron chi connectivity index (χ3n) is 10.4.